The van der Waals surface area contributed by atoms with E-state index in [-0.39, 0.29) is 0 Å². The maximum Gasteiger partial charge on any atom is 0.219 e. The summed E-state index contributed by atoms with van der Waals surface area (Å²) in [4.78, 5) is 23.1. The van der Waals surface area contributed by atoms with Gasteiger partial charge in [-0.05, 0) is 18.2 Å². The maximum atomic E-state index is 11.1. The largest absolute Gasteiger partial charge is 0.338 e. The normalized spacial score (nSPS) is 11.0. The number of para-hydroxylation sites is 1. The van der Waals surface area contributed by atoms with Crippen molar-refractivity contribution in [1.29, 1.82) is 0 Å². The smallest absolute Gasteiger partial charge is 0.219 e. The molecule has 0 saturated carbocycles. The molecule has 0 aliphatic heterocycles. The van der Waals surface area contributed by atoms with Crippen molar-refractivity contribution < 1.29 is 4.79 Å². The summed E-state index contributed by atoms with van der Waals surface area (Å²) in [5, 5.41) is 0.609. The van der Waals surface area contributed by atoms with E-state index in [0.717, 1.165) is 34.4 Å². The topological polar surface area (TPSA) is 63.6 Å². The molecule has 0 aliphatic carbocycles. The van der Waals surface area contributed by atoms with Crippen LogP contribution in [0.15, 0.2) is 54.9 Å². The third-order valence-corrected chi connectivity index (χ3v) is 3.94. The Morgan fingerprint density at radius 1 is 1.13 bits per heavy atom. The molecule has 0 unspecified atom stereocenters. The number of hydrogen-bond donors (Lipinski definition) is 1. The molecule has 0 fully saturated rings. The summed E-state index contributed by atoms with van der Waals surface area (Å²) in [6.07, 6.45) is 3.95. The first-order valence-corrected chi connectivity index (χ1v) is 7.37. The van der Waals surface area contributed by atoms with Crippen LogP contribution in [-0.4, -0.2) is 25.9 Å². The van der Waals surface area contributed by atoms with Crippen LogP contribution in [0.4, 0.5) is 0 Å². The van der Waals surface area contributed by atoms with Gasteiger partial charge in [-0.3, -0.25) is 9.36 Å². The fourth-order valence-electron chi connectivity index (χ4n) is 2.56. The molecular weight excluding hydrogens is 312 g/mol. The molecule has 4 aromatic rings. The number of hydrogen-bond acceptors (Lipinski definition) is 3. The standard InChI is InChI=1S/C17H11ClN4O/c18-13-5-2-6-14-15(13)21-16(20-14)11-3-1-4-12(9-11)17-19-7-8-22(17)10-23/h1-10H,(H,20,21). The average molecular weight is 323 g/mol. The van der Waals surface area contributed by atoms with E-state index in [1.165, 1.54) is 4.57 Å². The van der Waals surface area contributed by atoms with Crippen LogP contribution in [0.25, 0.3) is 33.8 Å². The zero-order valence-corrected chi connectivity index (χ0v) is 12.7. The van der Waals surface area contributed by atoms with Gasteiger partial charge in [-0.15, -0.1) is 0 Å². The predicted molar refractivity (Wildman–Crippen MR) is 89.9 cm³/mol. The monoisotopic (exact) mass is 322 g/mol. The van der Waals surface area contributed by atoms with Crippen LogP contribution in [0.2, 0.25) is 5.02 Å². The molecule has 0 saturated heterocycles. The minimum Gasteiger partial charge on any atom is -0.338 e. The lowest BCUT2D eigenvalue weighted by molar-refractivity contribution is 0.548. The zero-order valence-electron chi connectivity index (χ0n) is 11.9. The second-order valence-electron chi connectivity index (χ2n) is 5.07. The molecule has 0 spiro atoms. The van der Waals surface area contributed by atoms with Gasteiger partial charge in [0, 0.05) is 23.5 Å². The molecule has 0 atom stereocenters. The average Bonchev–Trinajstić information content (AvgIpc) is 3.22. The molecule has 0 aliphatic rings. The Kier molecular flexibility index (Phi) is 3.20. The van der Waals surface area contributed by atoms with Gasteiger partial charge in [0.05, 0.1) is 10.5 Å². The van der Waals surface area contributed by atoms with Crippen LogP contribution < -0.4 is 0 Å². The summed E-state index contributed by atoms with van der Waals surface area (Å²) in [7, 11) is 0. The molecule has 0 bridgehead atoms. The second kappa shape index (κ2) is 5.37. The highest BCUT2D eigenvalue weighted by Crippen LogP contribution is 2.27. The number of rotatable bonds is 3. The molecule has 5 nitrogen and oxygen atoms in total. The van der Waals surface area contributed by atoms with Crippen LogP contribution >= 0.6 is 11.6 Å². The van der Waals surface area contributed by atoms with Crippen molar-refractivity contribution in [2.24, 2.45) is 0 Å². The number of aromatic amines is 1. The first kappa shape index (κ1) is 13.7. The number of nitrogens with zero attached hydrogens (tertiary/aromatic N) is 3. The van der Waals surface area contributed by atoms with E-state index in [1.807, 2.05) is 42.5 Å². The molecule has 2 heterocycles. The van der Waals surface area contributed by atoms with Crippen LogP contribution in [0.3, 0.4) is 0 Å². The number of carbonyl (C=O) groups is 1. The quantitative estimate of drug-likeness (QED) is 0.584. The molecule has 23 heavy (non-hydrogen) atoms. The lowest BCUT2D eigenvalue weighted by Gasteiger charge is -2.03. The molecule has 2 aromatic heterocycles. The summed E-state index contributed by atoms with van der Waals surface area (Å²) in [5.41, 5.74) is 3.36. The van der Waals surface area contributed by atoms with E-state index in [2.05, 4.69) is 15.0 Å². The lowest BCUT2D eigenvalue weighted by Crippen LogP contribution is -1.96. The van der Waals surface area contributed by atoms with Crippen LogP contribution in [0.5, 0.6) is 0 Å². The van der Waals surface area contributed by atoms with Gasteiger partial charge in [0.15, 0.2) is 0 Å². The molecule has 2 aromatic carbocycles. The zero-order chi connectivity index (χ0) is 15.8. The van der Waals surface area contributed by atoms with E-state index in [9.17, 15) is 4.79 Å². The molecule has 112 valence electrons. The SMILES string of the molecule is O=Cn1ccnc1-c1cccc(-c2nc3c(Cl)cccc3[nH]2)c1. The van der Waals surface area contributed by atoms with Crippen molar-refractivity contribution >= 4 is 29.0 Å². The summed E-state index contributed by atoms with van der Waals surface area (Å²) < 4.78 is 1.44. The summed E-state index contributed by atoms with van der Waals surface area (Å²) in [5.74, 6) is 1.31. The Morgan fingerprint density at radius 2 is 1.96 bits per heavy atom. The number of nitrogens with one attached hydrogen (secondary N) is 1. The van der Waals surface area contributed by atoms with E-state index in [0.29, 0.717) is 10.8 Å². The van der Waals surface area contributed by atoms with Crippen molar-refractivity contribution in [2.45, 2.75) is 0 Å². The van der Waals surface area contributed by atoms with Gasteiger partial charge < -0.3 is 4.98 Å². The Balaban J connectivity index is 1.84. The molecule has 0 radical (unpaired) electrons. The number of H-pyrrole nitrogens is 1. The minimum absolute atomic E-state index is 0.594. The number of benzene rings is 2. The van der Waals surface area contributed by atoms with Crippen molar-refractivity contribution in [1.82, 2.24) is 19.5 Å². The summed E-state index contributed by atoms with van der Waals surface area (Å²) in [6, 6.07) is 13.3. The number of carbonyl (C=O) groups excluding carboxylic acids is 1. The molecule has 0 amide bonds. The highest BCUT2D eigenvalue weighted by molar-refractivity contribution is 6.35. The van der Waals surface area contributed by atoms with E-state index < -0.39 is 0 Å². The molecule has 6 heteroatoms. The number of aromatic nitrogens is 4. The Morgan fingerprint density at radius 3 is 2.78 bits per heavy atom. The van der Waals surface area contributed by atoms with E-state index in [1.54, 1.807) is 12.4 Å². The van der Waals surface area contributed by atoms with E-state index >= 15 is 0 Å². The minimum atomic E-state index is 0.594. The van der Waals surface area contributed by atoms with Crippen LogP contribution in [0, 0.1) is 0 Å². The number of imidazole rings is 2. The van der Waals surface area contributed by atoms with Crippen molar-refractivity contribution in [3.63, 3.8) is 0 Å². The highest BCUT2D eigenvalue weighted by atomic mass is 35.5. The van der Waals surface area contributed by atoms with Gasteiger partial charge >= 0.3 is 0 Å². The van der Waals surface area contributed by atoms with Crippen molar-refractivity contribution in [3.8, 4) is 22.8 Å². The predicted octanol–water partition coefficient (Wildman–Crippen LogP) is 3.79. The number of fused-ring (bicyclic) bond motifs is 1. The maximum absolute atomic E-state index is 11.1. The second-order valence-corrected chi connectivity index (χ2v) is 5.47. The number of halogens is 1. The van der Waals surface area contributed by atoms with E-state index in [4.69, 9.17) is 11.6 Å². The fourth-order valence-corrected chi connectivity index (χ4v) is 2.78. The summed E-state index contributed by atoms with van der Waals surface area (Å²) in [6.45, 7) is 0. The third kappa shape index (κ3) is 2.31. The van der Waals surface area contributed by atoms with Gasteiger partial charge in [-0.2, -0.15) is 0 Å². The molecule has 4 rings (SSSR count). The Bertz CT molecular complexity index is 1020. The molecular formula is C17H11ClN4O. The first-order chi connectivity index (χ1) is 11.3. The molecule has 1 N–H and O–H groups in total. The van der Waals surface area contributed by atoms with Gasteiger partial charge in [-0.1, -0.05) is 35.9 Å². The van der Waals surface area contributed by atoms with Gasteiger partial charge in [0.2, 0.25) is 6.41 Å². The van der Waals surface area contributed by atoms with Crippen LogP contribution in [-0.2, 0) is 4.79 Å². The third-order valence-electron chi connectivity index (χ3n) is 3.64. The Hall–Kier alpha value is -2.92. The van der Waals surface area contributed by atoms with Gasteiger partial charge in [0.25, 0.3) is 0 Å². The first-order valence-electron chi connectivity index (χ1n) is 6.99. The van der Waals surface area contributed by atoms with Gasteiger partial charge in [0.1, 0.15) is 17.2 Å². The van der Waals surface area contributed by atoms with Crippen LogP contribution in [0.1, 0.15) is 0 Å². The Labute approximate surface area is 136 Å². The lowest BCUT2D eigenvalue weighted by atomic mass is 10.1. The summed E-state index contributed by atoms with van der Waals surface area (Å²) >= 11 is 6.18. The van der Waals surface area contributed by atoms with Crippen molar-refractivity contribution in [3.05, 3.63) is 59.9 Å². The highest BCUT2D eigenvalue weighted by Gasteiger charge is 2.10. The van der Waals surface area contributed by atoms with Gasteiger partial charge in [-0.25, -0.2) is 9.97 Å². The van der Waals surface area contributed by atoms with Crippen molar-refractivity contribution in [2.75, 3.05) is 0 Å². The fraction of sp³-hybridized carbons (Fsp3) is 0.